The van der Waals surface area contributed by atoms with E-state index in [1.807, 2.05) is 26.0 Å². The van der Waals surface area contributed by atoms with E-state index in [1.165, 1.54) is 24.3 Å². The van der Waals surface area contributed by atoms with Gasteiger partial charge in [-0.1, -0.05) is 6.07 Å². The van der Waals surface area contributed by atoms with Gasteiger partial charge >= 0.3 is 12.4 Å². The topological polar surface area (TPSA) is 3.24 Å². The van der Waals surface area contributed by atoms with Crippen molar-refractivity contribution in [2.24, 2.45) is 0 Å². The van der Waals surface area contributed by atoms with E-state index in [0.717, 1.165) is 35.4 Å². The monoisotopic (exact) mass is 409 g/mol. The van der Waals surface area contributed by atoms with Gasteiger partial charge in [-0.15, -0.1) is 0 Å². The zero-order chi connectivity index (χ0) is 21.4. The van der Waals surface area contributed by atoms with Gasteiger partial charge in [0, 0.05) is 17.1 Å². The standard InChI is InChI=1S/C22H17F6N/c1-14-3-8-20(13-15(14)2)29(18-9-4-16(5-10-18)21(23,24)25)19-11-6-17(7-12-19)22(26,27)28/h3-13H,1-2H3. The van der Waals surface area contributed by atoms with Crippen LogP contribution in [0.1, 0.15) is 22.3 Å². The van der Waals surface area contributed by atoms with Crippen LogP contribution in [-0.2, 0) is 12.4 Å². The normalized spacial score (nSPS) is 12.1. The largest absolute Gasteiger partial charge is 0.416 e. The summed E-state index contributed by atoms with van der Waals surface area (Å²) in [5, 5.41) is 0. The Hall–Kier alpha value is -2.96. The Morgan fingerprint density at radius 2 is 0.897 bits per heavy atom. The lowest BCUT2D eigenvalue weighted by molar-refractivity contribution is -0.138. The van der Waals surface area contributed by atoms with E-state index in [-0.39, 0.29) is 0 Å². The molecule has 0 saturated heterocycles. The molecule has 3 aromatic carbocycles. The second kappa shape index (κ2) is 7.46. The summed E-state index contributed by atoms with van der Waals surface area (Å²) in [5.74, 6) is 0. The molecule has 0 spiro atoms. The molecule has 0 radical (unpaired) electrons. The minimum absolute atomic E-state index is 0.404. The van der Waals surface area contributed by atoms with Crippen LogP contribution in [0.5, 0.6) is 0 Å². The lowest BCUT2D eigenvalue weighted by atomic mass is 10.1. The molecule has 0 aliphatic rings. The van der Waals surface area contributed by atoms with E-state index in [2.05, 4.69) is 0 Å². The number of hydrogen-bond donors (Lipinski definition) is 0. The highest BCUT2D eigenvalue weighted by atomic mass is 19.4. The van der Waals surface area contributed by atoms with E-state index in [9.17, 15) is 26.3 Å². The first-order valence-corrected chi connectivity index (χ1v) is 8.69. The number of rotatable bonds is 3. The maximum Gasteiger partial charge on any atom is 0.416 e. The Morgan fingerprint density at radius 3 is 1.24 bits per heavy atom. The fourth-order valence-corrected chi connectivity index (χ4v) is 2.91. The fraction of sp³-hybridized carbons (Fsp3) is 0.182. The van der Waals surface area contributed by atoms with E-state index < -0.39 is 23.5 Å². The highest BCUT2D eigenvalue weighted by Crippen LogP contribution is 2.39. The first-order valence-electron chi connectivity index (χ1n) is 8.69. The van der Waals surface area contributed by atoms with Gasteiger partial charge in [0.2, 0.25) is 0 Å². The van der Waals surface area contributed by atoms with Crippen LogP contribution in [0.25, 0.3) is 0 Å². The Balaban J connectivity index is 2.10. The van der Waals surface area contributed by atoms with Crippen LogP contribution in [0.4, 0.5) is 43.4 Å². The van der Waals surface area contributed by atoms with E-state index in [1.54, 1.807) is 11.0 Å². The lowest BCUT2D eigenvalue weighted by Gasteiger charge is -2.26. The maximum absolute atomic E-state index is 12.9. The highest BCUT2D eigenvalue weighted by molar-refractivity contribution is 5.77. The Labute approximate surface area is 164 Å². The zero-order valence-corrected chi connectivity index (χ0v) is 15.6. The minimum Gasteiger partial charge on any atom is -0.310 e. The molecule has 3 rings (SSSR count). The van der Waals surface area contributed by atoms with Crippen LogP contribution in [0.3, 0.4) is 0 Å². The van der Waals surface area contributed by atoms with Gasteiger partial charge in [0.25, 0.3) is 0 Å². The number of hydrogen-bond acceptors (Lipinski definition) is 1. The molecule has 0 unspecified atom stereocenters. The van der Waals surface area contributed by atoms with Crippen molar-refractivity contribution in [3.63, 3.8) is 0 Å². The summed E-state index contributed by atoms with van der Waals surface area (Å²) in [4.78, 5) is 1.62. The van der Waals surface area contributed by atoms with Gasteiger partial charge in [-0.2, -0.15) is 26.3 Å². The van der Waals surface area contributed by atoms with Gasteiger partial charge in [-0.05, 0) is 85.6 Å². The van der Waals surface area contributed by atoms with Crippen LogP contribution in [0.15, 0.2) is 66.7 Å². The number of benzene rings is 3. The van der Waals surface area contributed by atoms with Crippen molar-refractivity contribution in [2.45, 2.75) is 26.2 Å². The molecule has 0 aromatic heterocycles. The molecule has 0 N–H and O–H groups in total. The number of aryl methyl sites for hydroxylation is 2. The van der Waals surface area contributed by atoms with Crippen LogP contribution >= 0.6 is 0 Å². The summed E-state index contributed by atoms with van der Waals surface area (Å²) < 4.78 is 77.4. The minimum atomic E-state index is -4.47. The van der Waals surface area contributed by atoms with E-state index >= 15 is 0 Å². The molecule has 0 saturated carbocycles. The first kappa shape index (κ1) is 20.8. The molecular formula is C22H17F6N. The summed E-state index contributed by atoms with van der Waals surface area (Å²) in [6.07, 6.45) is -8.95. The predicted molar refractivity (Wildman–Crippen MR) is 101 cm³/mol. The van der Waals surface area contributed by atoms with Crippen LogP contribution in [0.2, 0.25) is 0 Å². The third-order valence-corrected chi connectivity index (χ3v) is 4.65. The molecule has 0 fully saturated rings. The molecule has 0 atom stereocenters. The van der Waals surface area contributed by atoms with Gasteiger partial charge in [0.05, 0.1) is 11.1 Å². The summed E-state index contributed by atoms with van der Waals surface area (Å²) in [5.41, 5.74) is 1.82. The molecule has 0 bridgehead atoms. The van der Waals surface area contributed by atoms with Crippen LogP contribution < -0.4 is 4.90 Å². The molecule has 29 heavy (non-hydrogen) atoms. The molecule has 7 heteroatoms. The van der Waals surface area contributed by atoms with Gasteiger partial charge in [-0.25, -0.2) is 0 Å². The third-order valence-electron chi connectivity index (χ3n) is 4.65. The quantitative estimate of drug-likeness (QED) is 0.399. The number of anilines is 3. The SMILES string of the molecule is Cc1ccc(N(c2ccc(C(F)(F)F)cc2)c2ccc(C(F)(F)F)cc2)cc1C. The summed E-state index contributed by atoms with van der Waals surface area (Å²) in [6.45, 7) is 3.80. The molecule has 3 aromatic rings. The van der Waals surface area contributed by atoms with Crippen molar-refractivity contribution in [1.29, 1.82) is 0 Å². The van der Waals surface area contributed by atoms with Crippen LogP contribution in [0, 0.1) is 13.8 Å². The second-order valence-electron chi connectivity index (χ2n) is 6.69. The third kappa shape index (κ3) is 4.55. The number of alkyl halides is 6. The zero-order valence-electron chi connectivity index (χ0n) is 15.6. The Kier molecular flexibility index (Phi) is 5.34. The van der Waals surface area contributed by atoms with Crippen molar-refractivity contribution in [3.05, 3.63) is 89.0 Å². The van der Waals surface area contributed by atoms with Gasteiger partial charge in [0.1, 0.15) is 0 Å². The van der Waals surface area contributed by atoms with Gasteiger partial charge < -0.3 is 4.90 Å². The second-order valence-corrected chi connectivity index (χ2v) is 6.69. The van der Waals surface area contributed by atoms with Crippen molar-refractivity contribution in [3.8, 4) is 0 Å². The first-order chi connectivity index (χ1) is 13.5. The summed E-state index contributed by atoms with van der Waals surface area (Å²) >= 11 is 0. The van der Waals surface area contributed by atoms with E-state index in [4.69, 9.17) is 0 Å². The molecule has 1 nitrogen and oxygen atoms in total. The van der Waals surface area contributed by atoms with Crippen molar-refractivity contribution in [1.82, 2.24) is 0 Å². The fourth-order valence-electron chi connectivity index (χ4n) is 2.91. The van der Waals surface area contributed by atoms with Gasteiger partial charge in [-0.3, -0.25) is 0 Å². The molecule has 0 amide bonds. The molecule has 0 aliphatic carbocycles. The van der Waals surface area contributed by atoms with E-state index in [0.29, 0.717) is 17.1 Å². The summed E-state index contributed by atoms with van der Waals surface area (Å²) in [6, 6.07) is 14.5. The average Bonchev–Trinajstić information content (AvgIpc) is 2.64. The number of nitrogens with zero attached hydrogens (tertiary/aromatic N) is 1. The average molecular weight is 409 g/mol. The number of halogens is 6. The molecular weight excluding hydrogens is 392 g/mol. The van der Waals surface area contributed by atoms with Gasteiger partial charge in [0.15, 0.2) is 0 Å². The maximum atomic E-state index is 12.9. The van der Waals surface area contributed by atoms with Crippen molar-refractivity contribution >= 4 is 17.1 Å². The molecule has 152 valence electrons. The van der Waals surface area contributed by atoms with Crippen molar-refractivity contribution in [2.75, 3.05) is 4.90 Å². The lowest BCUT2D eigenvalue weighted by Crippen LogP contribution is -2.12. The van der Waals surface area contributed by atoms with Crippen LogP contribution in [-0.4, -0.2) is 0 Å². The summed E-state index contributed by atoms with van der Waals surface area (Å²) in [7, 11) is 0. The van der Waals surface area contributed by atoms with Crippen molar-refractivity contribution < 1.29 is 26.3 Å². The predicted octanol–water partition coefficient (Wildman–Crippen LogP) is 7.81. The molecule has 0 heterocycles. The Morgan fingerprint density at radius 1 is 0.517 bits per heavy atom. The Bertz CT molecular complexity index is 928. The molecule has 0 aliphatic heterocycles. The highest BCUT2D eigenvalue weighted by Gasteiger charge is 2.31. The smallest absolute Gasteiger partial charge is 0.310 e.